The fraction of sp³-hybridized carbons (Fsp3) is 0.364. The van der Waals surface area contributed by atoms with Crippen LogP contribution in [0.5, 0.6) is 0 Å². The lowest BCUT2D eigenvalue weighted by atomic mass is 9.63. The number of thiol groups is 1. The van der Waals surface area contributed by atoms with Gasteiger partial charge in [-0.25, -0.2) is 17.9 Å². The van der Waals surface area contributed by atoms with Gasteiger partial charge in [-0.3, -0.25) is 4.79 Å². The third-order valence-corrected chi connectivity index (χ3v) is 7.28. The van der Waals surface area contributed by atoms with Crippen LogP contribution < -0.4 is 37.4 Å². The zero-order valence-corrected chi connectivity index (χ0v) is 20.4. The molecule has 3 amide bonds. The molecule has 1 atom stereocenters. The number of amides is 3. The Morgan fingerprint density at radius 1 is 0.971 bits per heavy atom. The predicted octanol–water partition coefficient (Wildman–Crippen LogP) is -0.720. The van der Waals surface area contributed by atoms with Crippen LogP contribution in [0.15, 0.2) is 53.4 Å². The van der Waals surface area contributed by atoms with E-state index in [4.69, 9.17) is 5.73 Å². The maximum atomic E-state index is 12.5. The molecule has 0 saturated heterocycles. The fourth-order valence-electron chi connectivity index (χ4n) is 3.61. The van der Waals surface area contributed by atoms with Crippen LogP contribution in [-0.4, -0.2) is 52.9 Å². The summed E-state index contributed by atoms with van der Waals surface area (Å²) in [6, 6.07) is 12.4. The van der Waals surface area contributed by atoms with Crippen LogP contribution in [0, 0.1) is 0 Å². The monoisotopic (exact) mass is 498 g/mol. The molecule has 34 heavy (non-hydrogen) atoms. The number of nitrogens with one attached hydrogen (secondary N) is 3. The summed E-state index contributed by atoms with van der Waals surface area (Å²) in [4.78, 5) is 23.9. The van der Waals surface area contributed by atoms with E-state index in [9.17, 15) is 18.0 Å². The molecule has 0 unspecified atom stereocenters. The second-order valence-electron chi connectivity index (χ2n) is 8.24. The second kappa shape index (κ2) is 12.3. The quantitative estimate of drug-likeness (QED) is 0.230. The van der Waals surface area contributed by atoms with Crippen LogP contribution in [0.1, 0.15) is 32.1 Å². The van der Waals surface area contributed by atoms with E-state index >= 15 is 0 Å². The highest BCUT2D eigenvalue weighted by Crippen LogP contribution is 2.17. The Hall–Kier alpha value is -2.43. The van der Waals surface area contributed by atoms with Gasteiger partial charge in [0.2, 0.25) is 5.91 Å². The molecule has 178 valence electrons. The van der Waals surface area contributed by atoms with Gasteiger partial charge in [-0.1, -0.05) is 72.0 Å². The van der Waals surface area contributed by atoms with Crippen LogP contribution in [-0.2, 0) is 14.8 Å². The van der Waals surface area contributed by atoms with Gasteiger partial charge < -0.3 is 16.3 Å². The Balaban J connectivity index is 1.52. The molecule has 2 aromatic carbocycles. The first-order chi connectivity index (χ1) is 16.3. The molecule has 2 aromatic rings. The van der Waals surface area contributed by atoms with Crippen molar-refractivity contribution >= 4 is 65.7 Å². The molecule has 1 aliphatic carbocycles. The zero-order valence-electron chi connectivity index (χ0n) is 18.7. The van der Waals surface area contributed by atoms with Crippen molar-refractivity contribution in [3.63, 3.8) is 0 Å². The largest absolute Gasteiger partial charge is 0.397 e. The molecule has 12 heteroatoms. The standard InChI is InChI=1S/C22H28B2N4O4S2/c25-20(14-33)21(29)27-24-17-8-6-15(7-9-17)23-16-10-12-19(13-11-16)34(31,32)28-22(30)26-18-4-2-1-3-5-18/h6-13,18,20,33H,1-5,14,25H2,(H,27,29)(H2,26,28,30)/t20-/m0/s1. The van der Waals surface area contributed by atoms with Gasteiger partial charge in [0.25, 0.3) is 17.4 Å². The lowest BCUT2D eigenvalue weighted by Gasteiger charge is -2.22. The molecule has 0 heterocycles. The van der Waals surface area contributed by atoms with Crippen molar-refractivity contribution in [1.29, 1.82) is 0 Å². The van der Waals surface area contributed by atoms with Crippen molar-refractivity contribution in [3.05, 3.63) is 48.5 Å². The zero-order chi connectivity index (χ0) is 24.6. The van der Waals surface area contributed by atoms with E-state index in [-0.39, 0.29) is 22.6 Å². The number of sulfonamides is 1. The van der Waals surface area contributed by atoms with Crippen molar-refractivity contribution in [2.45, 2.75) is 49.1 Å². The van der Waals surface area contributed by atoms with Crippen molar-refractivity contribution < 1.29 is 18.0 Å². The number of carbonyl (C=O) groups is 2. The molecule has 2 radical (unpaired) electrons. The first-order valence-electron chi connectivity index (χ1n) is 11.1. The lowest BCUT2D eigenvalue weighted by Crippen LogP contribution is -2.46. The third-order valence-electron chi connectivity index (χ3n) is 5.54. The van der Waals surface area contributed by atoms with E-state index in [1.54, 1.807) is 19.5 Å². The van der Waals surface area contributed by atoms with Crippen LogP contribution in [0.2, 0.25) is 0 Å². The molecular formula is C22H28B2N4O4S2. The number of benzene rings is 2. The molecule has 1 aliphatic rings. The lowest BCUT2D eigenvalue weighted by molar-refractivity contribution is -0.120. The number of hydrogen-bond acceptors (Lipinski definition) is 6. The van der Waals surface area contributed by atoms with E-state index < -0.39 is 22.1 Å². The van der Waals surface area contributed by atoms with Gasteiger partial charge in [0, 0.05) is 11.8 Å². The first kappa shape index (κ1) is 26.2. The maximum absolute atomic E-state index is 12.5. The molecule has 0 spiro atoms. The van der Waals surface area contributed by atoms with Crippen molar-refractivity contribution in [2.24, 2.45) is 5.73 Å². The summed E-state index contributed by atoms with van der Waals surface area (Å²) in [5, 5.41) is 5.38. The fourth-order valence-corrected chi connectivity index (χ4v) is 4.69. The smallest absolute Gasteiger partial charge is 0.328 e. The Morgan fingerprint density at radius 3 is 2.12 bits per heavy atom. The predicted molar refractivity (Wildman–Crippen MR) is 139 cm³/mol. The molecule has 1 fully saturated rings. The van der Waals surface area contributed by atoms with Crippen molar-refractivity contribution in [3.8, 4) is 0 Å². The van der Waals surface area contributed by atoms with E-state index in [1.165, 1.54) is 12.1 Å². The molecule has 1 saturated carbocycles. The SMILES string of the molecule is N[C@@H](CS)C(=O)N[B]c1ccc([B]c2ccc(S(=O)(=O)NC(=O)NC3CCCCC3)cc2)cc1. The highest BCUT2D eigenvalue weighted by Gasteiger charge is 2.21. The molecule has 0 aliphatic heterocycles. The van der Waals surface area contributed by atoms with Gasteiger partial charge in [-0.15, -0.1) is 0 Å². The normalized spacial score (nSPS) is 15.1. The van der Waals surface area contributed by atoms with E-state index in [0.29, 0.717) is 0 Å². The molecule has 0 aromatic heterocycles. The topological polar surface area (TPSA) is 130 Å². The summed E-state index contributed by atoms with van der Waals surface area (Å²) in [5.41, 5.74) is 8.12. The van der Waals surface area contributed by atoms with Crippen LogP contribution in [0.25, 0.3) is 0 Å². The van der Waals surface area contributed by atoms with E-state index in [2.05, 4.69) is 27.9 Å². The number of nitrogens with two attached hydrogens (primary N) is 1. The maximum Gasteiger partial charge on any atom is 0.328 e. The van der Waals surface area contributed by atoms with Gasteiger partial charge in [0.05, 0.1) is 10.9 Å². The molecule has 3 rings (SSSR count). The highest BCUT2D eigenvalue weighted by molar-refractivity contribution is 7.90. The number of carbonyl (C=O) groups excluding carboxylic acids is 2. The summed E-state index contributed by atoms with van der Waals surface area (Å²) < 4.78 is 27.2. The average molecular weight is 498 g/mol. The summed E-state index contributed by atoms with van der Waals surface area (Å²) >= 11 is 4.00. The van der Waals surface area contributed by atoms with Gasteiger partial charge in [0.15, 0.2) is 7.28 Å². The second-order valence-corrected chi connectivity index (χ2v) is 10.3. The van der Waals surface area contributed by atoms with Crippen LogP contribution >= 0.6 is 12.6 Å². The first-order valence-corrected chi connectivity index (χ1v) is 13.3. The highest BCUT2D eigenvalue weighted by atomic mass is 32.2. The molecular weight excluding hydrogens is 470 g/mol. The average Bonchev–Trinajstić information content (AvgIpc) is 2.83. The van der Waals surface area contributed by atoms with Gasteiger partial charge >= 0.3 is 6.03 Å². The minimum atomic E-state index is -3.96. The minimum absolute atomic E-state index is 0.0172. The number of rotatable bonds is 9. The Bertz CT molecular complexity index is 1080. The van der Waals surface area contributed by atoms with Crippen LogP contribution in [0.3, 0.4) is 0 Å². The van der Waals surface area contributed by atoms with E-state index in [0.717, 1.165) is 48.5 Å². The Kier molecular flexibility index (Phi) is 9.49. The molecule has 0 bridgehead atoms. The van der Waals surface area contributed by atoms with Gasteiger partial charge in [-0.2, -0.15) is 12.6 Å². The number of urea groups is 1. The summed E-state index contributed by atoms with van der Waals surface area (Å²) in [6.45, 7) is 0. The summed E-state index contributed by atoms with van der Waals surface area (Å²) in [5.74, 6) is -0.0427. The van der Waals surface area contributed by atoms with Crippen molar-refractivity contribution in [2.75, 3.05) is 5.75 Å². The molecule has 5 N–H and O–H groups in total. The minimum Gasteiger partial charge on any atom is -0.397 e. The van der Waals surface area contributed by atoms with Crippen molar-refractivity contribution in [1.82, 2.24) is 15.3 Å². The Labute approximate surface area is 207 Å². The summed E-state index contributed by atoms with van der Waals surface area (Å²) in [7, 11) is -0.492. The van der Waals surface area contributed by atoms with Crippen LogP contribution in [0.4, 0.5) is 4.79 Å². The molecule has 8 nitrogen and oxygen atoms in total. The Morgan fingerprint density at radius 2 is 1.53 bits per heavy atom. The third kappa shape index (κ3) is 7.82. The number of hydrogen-bond donors (Lipinski definition) is 5. The van der Waals surface area contributed by atoms with Gasteiger partial charge in [-0.05, 0) is 25.0 Å². The van der Waals surface area contributed by atoms with E-state index in [1.807, 2.05) is 31.5 Å². The van der Waals surface area contributed by atoms with Gasteiger partial charge in [0.1, 0.15) is 0 Å². The summed E-state index contributed by atoms with van der Waals surface area (Å²) in [6.07, 6.45) is 4.97.